The van der Waals surface area contributed by atoms with Crippen LogP contribution in [0.5, 0.6) is 11.5 Å². The van der Waals surface area contributed by atoms with E-state index in [0.717, 1.165) is 4.90 Å². The van der Waals surface area contributed by atoms with E-state index in [1.807, 2.05) is 22.6 Å². The van der Waals surface area contributed by atoms with Crippen LogP contribution >= 0.6 is 34.4 Å². The van der Waals surface area contributed by atoms with Gasteiger partial charge in [0.2, 0.25) is 5.91 Å². The highest BCUT2D eigenvalue weighted by Gasteiger charge is 2.36. The van der Waals surface area contributed by atoms with Crippen molar-refractivity contribution in [2.24, 2.45) is 0 Å². The second kappa shape index (κ2) is 11.7. The first-order valence-corrected chi connectivity index (χ1v) is 12.7. The van der Waals surface area contributed by atoms with Gasteiger partial charge in [0.1, 0.15) is 24.8 Å². The smallest absolute Gasteiger partial charge is 0.294 e. The molecule has 0 bridgehead atoms. The number of amides is 3. The molecule has 7 nitrogen and oxygen atoms in total. The lowest BCUT2D eigenvalue weighted by Crippen LogP contribution is -2.36. The minimum absolute atomic E-state index is 0.00272. The maximum atomic E-state index is 13.9. The normalized spacial score (nSPS) is 14.3. The minimum atomic E-state index is -0.613. The van der Waals surface area contributed by atoms with Gasteiger partial charge in [-0.25, -0.2) is 8.78 Å². The highest BCUT2D eigenvalue weighted by Crippen LogP contribution is 2.37. The van der Waals surface area contributed by atoms with E-state index in [2.05, 4.69) is 5.32 Å². The zero-order valence-electron chi connectivity index (χ0n) is 19.3. The molecule has 0 atom stereocenters. The highest BCUT2D eigenvalue weighted by molar-refractivity contribution is 14.1. The summed E-state index contributed by atoms with van der Waals surface area (Å²) < 4.78 is 38.9. The van der Waals surface area contributed by atoms with Crippen molar-refractivity contribution in [3.8, 4) is 11.5 Å². The number of hydrogen-bond donors (Lipinski definition) is 1. The summed E-state index contributed by atoms with van der Waals surface area (Å²) >= 11 is 2.75. The fourth-order valence-electron chi connectivity index (χ4n) is 3.39. The molecular weight excluding hydrogens is 617 g/mol. The van der Waals surface area contributed by atoms with Crippen LogP contribution in [-0.2, 0) is 16.2 Å². The third kappa shape index (κ3) is 6.46. The van der Waals surface area contributed by atoms with Crippen molar-refractivity contribution in [1.29, 1.82) is 0 Å². The first-order valence-electron chi connectivity index (χ1n) is 10.8. The number of benzene rings is 3. The number of nitrogens with zero attached hydrogens (tertiary/aromatic N) is 1. The van der Waals surface area contributed by atoms with Crippen LogP contribution in [0, 0.1) is 15.2 Å². The Morgan fingerprint density at radius 3 is 2.54 bits per heavy atom. The number of carbonyl (C=O) groups excluding carboxylic acids is 3. The van der Waals surface area contributed by atoms with Crippen LogP contribution in [-0.4, -0.2) is 35.6 Å². The van der Waals surface area contributed by atoms with Crippen LogP contribution in [0.15, 0.2) is 65.6 Å². The molecule has 1 N–H and O–H groups in total. The molecule has 190 valence electrons. The van der Waals surface area contributed by atoms with Crippen LogP contribution in [0.25, 0.3) is 6.08 Å². The van der Waals surface area contributed by atoms with Crippen molar-refractivity contribution in [1.82, 2.24) is 4.90 Å². The van der Waals surface area contributed by atoms with Gasteiger partial charge < -0.3 is 14.8 Å². The molecule has 1 aliphatic heterocycles. The molecule has 1 fully saturated rings. The van der Waals surface area contributed by atoms with E-state index >= 15 is 0 Å². The molecule has 1 saturated heterocycles. The molecular formula is C26H19F2IN2O5S. The van der Waals surface area contributed by atoms with E-state index in [0.29, 0.717) is 43.6 Å². The molecule has 0 spiro atoms. The SMILES string of the molecule is COc1cc(/C=C2\SC(=O)N(CC(=O)Nc3ccc(F)cc3)C2=O)cc(I)c1OCc1ccccc1F. The van der Waals surface area contributed by atoms with E-state index in [-0.39, 0.29) is 17.3 Å². The van der Waals surface area contributed by atoms with Gasteiger partial charge in [-0.2, -0.15) is 0 Å². The third-order valence-corrected chi connectivity index (χ3v) is 6.89. The van der Waals surface area contributed by atoms with Gasteiger partial charge in [-0.3, -0.25) is 19.3 Å². The predicted octanol–water partition coefficient (Wildman–Crippen LogP) is 5.83. The van der Waals surface area contributed by atoms with Crippen LogP contribution < -0.4 is 14.8 Å². The number of anilines is 1. The fourth-order valence-corrected chi connectivity index (χ4v) is 5.01. The number of methoxy groups -OCH3 is 1. The van der Waals surface area contributed by atoms with Gasteiger partial charge in [0, 0.05) is 11.3 Å². The van der Waals surface area contributed by atoms with Crippen LogP contribution in [0.3, 0.4) is 0 Å². The quantitative estimate of drug-likeness (QED) is 0.248. The Morgan fingerprint density at radius 1 is 1.11 bits per heavy atom. The summed E-state index contributed by atoms with van der Waals surface area (Å²) in [6.45, 7) is -0.486. The summed E-state index contributed by atoms with van der Waals surface area (Å²) in [6, 6.07) is 14.8. The third-order valence-electron chi connectivity index (χ3n) is 5.18. The van der Waals surface area contributed by atoms with Gasteiger partial charge in [-0.15, -0.1) is 0 Å². The van der Waals surface area contributed by atoms with Gasteiger partial charge >= 0.3 is 0 Å². The molecule has 0 aromatic heterocycles. The molecule has 3 aromatic carbocycles. The molecule has 0 aliphatic carbocycles. The Bertz CT molecular complexity index is 1400. The van der Waals surface area contributed by atoms with Gasteiger partial charge in [0.15, 0.2) is 11.5 Å². The summed E-state index contributed by atoms with van der Waals surface area (Å²) in [7, 11) is 1.46. The van der Waals surface area contributed by atoms with Gasteiger partial charge in [0.05, 0.1) is 15.6 Å². The second-order valence-corrected chi connectivity index (χ2v) is 9.89. The molecule has 0 saturated carbocycles. The Labute approximate surface area is 229 Å². The molecule has 0 radical (unpaired) electrons. The number of thioether (sulfide) groups is 1. The molecule has 11 heteroatoms. The van der Waals surface area contributed by atoms with Crippen LogP contribution in [0.1, 0.15) is 11.1 Å². The van der Waals surface area contributed by atoms with E-state index in [1.54, 1.807) is 30.3 Å². The number of halogens is 3. The van der Waals surface area contributed by atoms with Crippen LogP contribution in [0.2, 0.25) is 0 Å². The van der Waals surface area contributed by atoms with Crippen molar-refractivity contribution in [2.45, 2.75) is 6.61 Å². The zero-order valence-corrected chi connectivity index (χ0v) is 22.3. The van der Waals surface area contributed by atoms with Crippen molar-refractivity contribution in [3.05, 3.63) is 91.9 Å². The lowest BCUT2D eigenvalue weighted by molar-refractivity contribution is -0.127. The molecule has 3 aromatic rings. The van der Waals surface area contributed by atoms with E-state index in [4.69, 9.17) is 9.47 Å². The minimum Gasteiger partial charge on any atom is -0.493 e. The fraction of sp³-hybridized carbons (Fsp3) is 0.115. The van der Waals surface area contributed by atoms with E-state index < -0.39 is 29.4 Å². The summed E-state index contributed by atoms with van der Waals surface area (Å²) in [5.74, 6) is -1.26. The molecule has 4 rings (SSSR count). The van der Waals surface area contributed by atoms with Gasteiger partial charge in [-0.05, 0) is 88.5 Å². The largest absolute Gasteiger partial charge is 0.493 e. The van der Waals surface area contributed by atoms with Crippen molar-refractivity contribution in [3.63, 3.8) is 0 Å². The summed E-state index contributed by atoms with van der Waals surface area (Å²) in [4.78, 5) is 38.6. The number of ether oxygens (including phenoxy) is 2. The summed E-state index contributed by atoms with van der Waals surface area (Å²) in [6.07, 6.45) is 1.52. The lowest BCUT2D eigenvalue weighted by Gasteiger charge is -2.14. The maximum absolute atomic E-state index is 13.9. The number of rotatable bonds is 8. The number of nitrogens with one attached hydrogen (secondary N) is 1. The van der Waals surface area contributed by atoms with E-state index in [9.17, 15) is 23.2 Å². The lowest BCUT2D eigenvalue weighted by atomic mass is 10.1. The van der Waals surface area contributed by atoms with E-state index in [1.165, 1.54) is 43.5 Å². The number of carbonyl (C=O) groups is 3. The Balaban J connectivity index is 1.47. The van der Waals surface area contributed by atoms with Gasteiger partial charge in [0.25, 0.3) is 11.1 Å². The van der Waals surface area contributed by atoms with Crippen molar-refractivity contribution < 1.29 is 32.6 Å². The topological polar surface area (TPSA) is 84.9 Å². The molecule has 1 aliphatic rings. The van der Waals surface area contributed by atoms with Crippen molar-refractivity contribution >= 4 is 63.2 Å². The number of hydrogen-bond acceptors (Lipinski definition) is 6. The van der Waals surface area contributed by atoms with Crippen molar-refractivity contribution in [2.75, 3.05) is 19.0 Å². The second-order valence-electron chi connectivity index (χ2n) is 7.74. The standard InChI is InChI=1S/C26H19F2IN2O5S/c1-35-21-11-15(10-20(29)24(21)36-14-16-4-2-3-5-19(16)28)12-22-25(33)31(26(34)37-22)13-23(32)30-18-8-6-17(27)7-9-18/h2-12H,13-14H2,1H3,(H,30,32)/b22-12-. The maximum Gasteiger partial charge on any atom is 0.294 e. The average molecular weight is 636 g/mol. The average Bonchev–Trinajstić information content (AvgIpc) is 3.12. The molecule has 0 unspecified atom stereocenters. The van der Waals surface area contributed by atoms with Crippen LogP contribution in [0.4, 0.5) is 19.3 Å². The Morgan fingerprint density at radius 2 is 1.84 bits per heavy atom. The predicted molar refractivity (Wildman–Crippen MR) is 144 cm³/mol. The number of imide groups is 1. The molecule has 1 heterocycles. The van der Waals surface area contributed by atoms with Gasteiger partial charge in [-0.1, -0.05) is 18.2 Å². The molecule has 3 amide bonds. The Hall–Kier alpha value is -3.45. The molecule has 37 heavy (non-hydrogen) atoms. The summed E-state index contributed by atoms with van der Waals surface area (Å²) in [5.41, 5.74) is 1.30. The summed E-state index contributed by atoms with van der Waals surface area (Å²) in [5, 5.41) is 1.94. The monoisotopic (exact) mass is 636 g/mol. The Kier molecular flexibility index (Phi) is 8.44. The highest BCUT2D eigenvalue weighted by atomic mass is 127. The first kappa shape index (κ1) is 26.6. The first-order chi connectivity index (χ1) is 17.7. The zero-order chi connectivity index (χ0) is 26.5.